The quantitative estimate of drug-likeness (QED) is 0.464. The molecule has 0 amide bonds. The van der Waals surface area contributed by atoms with Crippen molar-refractivity contribution in [1.29, 1.82) is 5.26 Å². The molecule has 2 rings (SSSR count). The Bertz CT molecular complexity index is 858. The predicted octanol–water partition coefficient (Wildman–Crippen LogP) is 4.72. The van der Waals surface area contributed by atoms with Gasteiger partial charge in [0.05, 0.1) is 25.9 Å². The van der Waals surface area contributed by atoms with E-state index in [0.717, 1.165) is 11.3 Å². The average molecular weight is 394 g/mol. The fraction of sp³-hybridized carbons (Fsp3) is 0.304. The van der Waals surface area contributed by atoms with Crippen LogP contribution in [-0.2, 0) is 11.2 Å². The van der Waals surface area contributed by atoms with Crippen LogP contribution >= 0.6 is 0 Å². The third-order valence-electron chi connectivity index (χ3n) is 3.93. The van der Waals surface area contributed by atoms with E-state index in [0.29, 0.717) is 36.7 Å². The number of carbonyl (C=O) groups excluding carboxylic acids is 1. The molecule has 0 unspecified atom stereocenters. The number of hydrogen-bond acceptors (Lipinski definition) is 6. The first kappa shape index (κ1) is 21.8. The molecule has 0 atom stereocenters. The fourth-order valence-corrected chi connectivity index (χ4v) is 2.74. The van der Waals surface area contributed by atoms with Gasteiger partial charge in [-0.1, -0.05) is 18.2 Å². The van der Waals surface area contributed by atoms with Gasteiger partial charge in [0.25, 0.3) is 0 Å². The molecule has 0 aliphatic rings. The lowest BCUT2D eigenvalue weighted by Crippen LogP contribution is -2.11. The molecular formula is C23H26N2O4. The van der Waals surface area contributed by atoms with Gasteiger partial charge >= 0.3 is 5.97 Å². The van der Waals surface area contributed by atoms with Gasteiger partial charge in [-0.25, -0.2) is 4.79 Å². The molecule has 2 aromatic rings. The van der Waals surface area contributed by atoms with Gasteiger partial charge in [0, 0.05) is 23.9 Å². The van der Waals surface area contributed by atoms with E-state index in [2.05, 4.69) is 11.4 Å². The summed E-state index contributed by atoms with van der Waals surface area (Å²) in [5.41, 5.74) is 2.49. The number of nitrogens with zero attached hydrogens (tertiary/aromatic N) is 1. The summed E-state index contributed by atoms with van der Waals surface area (Å²) in [6, 6.07) is 15.3. The highest BCUT2D eigenvalue weighted by Crippen LogP contribution is 2.33. The Morgan fingerprint density at radius 1 is 1.03 bits per heavy atom. The highest BCUT2D eigenvalue weighted by atomic mass is 16.5. The molecule has 0 radical (unpaired) electrons. The van der Waals surface area contributed by atoms with Gasteiger partial charge in [0.1, 0.15) is 17.1 Å². The second-order valence-electron chi connectivity index (χ2n) is 6.02. The van der Waals surface area contributed by atoms with Crippen molar-refractivity contribution in [1.82, 2.24) is 0 Å². The summed E-state index contributed by atoms with van der Waals surface area (Å²) in [5.74, 6) is 0.285. The van der Waals surface area contributed by atoms with Crippen molar-refractivity contribution in [2.24, 2.45) is 0 Å². The number of rotatable bonds is 10. The zero-order chi connectivity index (χ0) is 21.1. The predicted molar refractivity (Wildman–Crippen MR) is 112 cm³/mol. The first-order valence-corrected chi connectivity index (χ1v) is 9.63. The van der Waals surface area contributed by atoms with Crippen LogP contribution in [0.5, 0.6) is 11.5 Å². The Morgan fingerprint density at radius 2 is 1.66 bits per heavy atom. The molecule has 0 aliphatic heterocycles. The average Bonchev–Trinajstić information content (AvgIpc) is 2.72. The van der Waals surface area contributed by atoms with Gasteiger partial charge in [-0.2, -0.15) is 5.26 Å². The first-order chi connectivity index (χ1) is 14.1. The lowest BCUT2D eigenvalue weighted by molar-refractivity contribution is 0.0517. The molecule has 152 valence electrons. The second kappa shape index (κ2) is 11.4. The van der Waals surface area contributed by atoms with Crippen LogP contribution in [0.2, 0.25) is 0 Å². The lowest BCUT2D eigenvalue weighted by Gasteiger charge is -2.16. The second-order valence-corrected chi connectivity index (χ2v) is 6.02. The van der Waals surface area contributed by atoms with Crippen LogP contribution in [0.4, 0.5) is 5.69 Å². The number of carbonyl (C=O) groups is 1. The van der Waals surface area contributed by atoms with Crippen LogP contribution < -0.4 is 14.8 Å². The summed E-state index contributed by atoms with van der Waals surface area (Å²) >= 11 is 0. The Labute approximate surface area is 171 Å². The highest BCUT2D eigenvalue weighted by Gasteiger charge is 2.22. The number of para-hydroxylation sites is 1. The van der Waals surface area contributed by atoms with E-state index in [4.69, 9.17) is 14.2 Å². The summed E-state index contributed by atoms with van der Waals surface area (Å²) in [5, 5.41) is 12.6. The van der Waals surface area contributed by atoms with E-state index in [1.54, 1.807) is 25.3 Å². The van der Waals surface area contributed by atoms with Gasteiger partial charge in [0.15, 0.2) is 0 Å². The highest BCUT2D eigenvalue weighted by molar-refractivity contribution is 5.96. The molecule has 0 saturated heterocycles. The molecule has 0 saturated carbocycles. The van der Waals surface area contributed by atoms with Crippen molar-refractivity contribution in [3.63, 3.8) is 0 Å². The largest absolute Gasteiger partial charge is 0.493 e. The van der Waals surface area contributed by atoms with E-state index >= 15 is 0 Å². The number of hydrogen-bond donors (Lipinski definition) is 1. The molecule has 0 bridgehead atoms. The van der Waals surface area contributed by atoms with Crippen molar-refractivity contribution in [2.75, 3.05) is 25.1 Å². The molecule has 2 aromatic carbocycles. The molecule has 0 heterocycles. The van der Waals surface area contributed by atoms with Gasteiger partial charge in [0.2, 0.25) is 0 Å². The molecule has 1 N–H and O–H groups in total. The molecule has 0 fully saturated rings. The standard InChI is InChI=1S/C23H26N2O4/c1-4-27-20-13-17(14-21(28-5-2)22(20)23(26)29-6-3)12-18(15-24)16-25-19-10-8-7-9-11-19/h7-11,13-14,16,25H,4-6,12H2,1-3H3/b18-16-. The Kier molecular flexibility index (Phi) is 8.58. The molecule has 6 nitrogen and oxygen atoms in total. The molecule has 0 aromatic heterocycles. The minimum absolute atomic E-state index is 0.254. The van der Waals surface area contributed by atoms with Gasteiger partial charge < -0.3 is 19.5 Å². The summed E-state index contributed by atoms with van der Waals surface area (Å²) in [6.45, 7) is 6.45. The Morgan fingerprint density at radius 3 is 2.17 bits per heavy atom. The van der Waals surface area contributed by atoms with Crippen LogP contribution in [0.1, 0.15) is 36.7 Å². The van der Waals surface area contributed by atoms with Crippen molar-refractivity contribution in [2.45, 2.75) is 27.2 Å². The monoisotopic (exact) mass is 394 g/mol. The Hall–Kier alpha value is -3.46. The number of ether oxygens (including phenoxy) is 3. The zero-order valence-corrected chi connectivity index (χ0v) is 17.0. The van der Waals surface area contributed by atoms with Crippen LogP contribution in [0.25, 0.3) is 0 Å². The Balaban J connectivity index is 2.35. The molecule has 0 aliphatic carbocycles. The fourth-order valence-electron chi connectivity index (χ4n) is 2.74. The van der Waals surface area contributed by atoms with E-state index in [9.17, 15) is 10.1 Å². The number of nitrogens with one attached hydrogen (secondary N) is 1. The maximum Gasteiger partial charge on any atom is 0.345 e. The summed E-state index contributed by atoms with van der Waals surface area (Å²) < 4.78 is 16.5. The van der Waals surface area contributed by atoms with E-state index < -0.39 is 5.97 Å². The minimum atomic E-state index is -0.493. The van der Waals surface area contributed by atoms with Crippen molar-refractivity contribution in [3.05, 3.63) is 65.4 Å². The van der Waals surface area contributed by atoms with Gasteiger partial charge in [-0.05, 0) is 50.6 Å². The van der Waals surface area contributed by atoms with E-state index in [1.807, 2.05) is 44.2 Å². The minimum Gasteiger partial charge on any atom is -0.493 e. The van der Waals surface area contributed by atoms with Crippen LogP contribution in [0.15, 0.2) is 54.2 Å². The van der Waals surface area contributed by atoms with Crippen LogP contribution in [0, 0.1) is 11.3 Å². The van der Waals surface area contributed by atoms with Crippen molar-refractivity contribution >= 4 is 11.7 Å². The third kappa shape index (κ3) is 6.28. The van der Waals surface area contributed by atoms with Crippen molar-refractivity contribution < 1.29 is 19.0 Å². The number of esters is 1. The maximum absolute atomic E-state index is 12.4. The summed E-state index contributed by atoms with van der Waals surface area (Å²) in [7, 11) is 0. The first-order valence-electron chi connectivity index (χ1n) is 9.63. The van der Waals surface area contributed by atoms with Crippen LogP contribution in [-0.4, -0.2) is 25.8 Å². The topological polar surface area (TPSA) is 80.6 Å². The van der Waals surface area contributed by atoms with Crippen molar-refractivity contribution in [3.8, 4) is 17.6 Å². The molecule has 29 heavy (non-hydrogen) atoms. The van der Waals surface area contributed by atoms with E-state index in [-0.39, 0.29) is 12.2 Å². The SMILES string of the molecule is CCOC(=O)c1c(OCC)cc(C/C(C#N)=C/Nc2ccccc2)cc1OCC. The van der Waals surface area contributed by atoms with Gasteiger partial charge in [-0.3, -0.25) is 0 Å². The molecular weight excluding hydrogens is 368 g/mol. The number of allylic oxidation sites excluding steroid dienone is 1. The number of anilines is 1. The molecule has 6 heteroatoms. The summed E-state index contributed by atoms with van der Waals surface area (Å²) in [4.78, 5) is 12.4. The van der Waals surface area contributed by atoms with Crippen LogP contribution in [0.3, 0.4) is 0 Å². The maximum atomic E-state index is 12.4. The molecule has 0 spiro atoms. The normalized spacial score (nSPS) is 10.8. The smallest absolute Gasteiger partial charge is 0.345 e. The summed E-state index contributed by atoms with van der Waals surface area (Å²) in [6.07, 6.45) is 2.04. The van der Waals surface area contributed by atoms with E-state index in [1.165, 1.54) is 0 Å². The zero-order valence-electron chi connectivity index (χ0n) is 17.0. The number of nitriles is 1. The third-order valence-corrected chi connectivity index (χ3v) is 3.93. The number of benzene rings is 2. The lowest BCUT2D eigenvalue weighted by atomic mass is 10.0. The van der Waals surface area contributed by atoms with Gasteiger partial charge in [-0.15, -0.1) is 0 Å².